The van der Waals surface area contributed by atoms with Gasteiger partial charge in [0.25, 0.3) is 0 Å². The van der Waals surface area contributed by atoms with Crippen LogP contribution in [0.25, 0.3) is 0 Å². The Kier molecular flexibility index (Phi) is 10.0. The summed E-state index contributed by atoms with van der Waals surface area (Å²) in [6.45, 7) is 10.1. The lowest BCUT2D eigenvalue weighted by Crippen LogP contribution is -2.52. The topological polar surface area (TPSA) is 35.9 Å². The zero-order valence-corrected chi connectivity index (χ0v) is 19.4. The third-order valence-electron chi connectivity index (χ3n) is 6.33. The van der Waals surface area contributed by atoms with Crippen molar-refractivity contribution in [2.45, 2.75) is 58.3 Å². The Bertz CT molecular complexity index is 727. The number of rotatable bonds is 12. The highest BCUT2D eigenvalue weighted by Crippen LogP contribution is 2.20. The third kappa shape index (κ3) is 7.73. The van der Waals surface area contributed by atoms with Crippen molar-refractivity contribution in [2.75, 3.05) is 39.3 Å². The summed E-state index contributed by atoms with van der Waals surface area (Å²) in [5, 5.41) is 10.6. The smallest absolute Gasteiger partial charge is 0.114 e. The van der Waals surface area contributed by atoms with Gasteiger partial charge in [-0.05, 0) is 42.9 Å². The SMILES string of the molecule is CCCCc1ccc(C(O)CCN2CCN(C(Cc3ccccc3)OCC)CC2)cc1. The van der Waals surface area contributed by atoms with Crippen molar-refractivity contribution in [1.82, 2.24) is 9.80 Å². The van der Waals surface area contributed by atoms with Crippen LogP contribution < -0.4 is 0 Å². The van der Waals surface area contributed by atoms with Crippen LogP contribution >= 0.6 is 0 Å². The average Bonchev–Trinajstić information content (AvgIpc) is 2.82. The van der Waals surface area contributed by atoms with Crippen LogP contribution in [0.4, 0.5) is 0 Å². The van der Waals surface area contributed by atoms with Gasteiger partial charge in [-0.1, -0.05) is 67.9 Å². The van der Waals surface area contributed by atoms with Crippen LogP contribution in [0, 0.1) is 0 Å². The Morgan fingerprint density at radius 1 is 0.903 bits per heavy atom. The molecule has 1 aliphatic heterocycles. The van der Waals surface area contributed by atoms with Gasteiger partial charge < -0.3 is 14.7 Å². The predicted octanol–water partition coefficient (Wildman–Crippen LogP) is 4.68. The number of aliphatic hydroxyl groups is 1. The summed E-state index contributed by atoms with van der Waals surface area (Å²) in [7, 11) is 0. The summed E-state index contributed by atoms with van der Waals surface area (Å²) in [6, 6.07) is 19.2. The molecule has 0 amide bonds. The number of aliphatic hydroxyl groups excluding tert-OH is 1. The number of benzene rings is 2. The van der Waals surface area contributed by atoms with E-state index in [-0.39, 0.29) is 12.3 Å². The minimum Gasteiger partial charge on any atom is -0.388 e. The molecule has 1 fully saturated rings. The van der Waals surface area contributed by atoms with Gasteiger partial charge in [-0.2, -0.15) is 0 Å². The van der Waals surface area contributed by atoms with E-state index in [4.69, 9.17) is 4.74 Å². The second-order valence-electron chi connectivity index (χ2n) is 8.63. The fraction of sp³-hybridized carbons (Fsp3) is 0.556. The molecule has 0 bridgehead atoms. The molecular formula is C27H40N2O2. The molecule has 1 heterocycles. The normalized spacial score (nSPS) is 17.5. The lowest BCUT2D eigenvalue weighted by Gasteiger charge is -2.39. The lowest BCUT2D eigenvalue weighted by molar-refractivity contribution is -0.0719. The number of unbranched alkanes of at least 4 members (excludes halogenated alkanes) is 1. The lowest BCUT2D eigenvalue weighted by atomic mass is 10.0. The minimum absolute atomic E-state index is 0.145. The number of nitrogens with zero attached hydrogens (tertiary/aromatic N) is 2. The monoisotopic (exact) mass is 424 g/mol. The molecule has 0 aromatic heterocycles. The van der Waals surface area contributed by atoms with E-state index in [9.17, 15) is 5.11 Å². The van der Waals surface area contributed by atoms with E-state index < -0.39 is 0 Å². The van der Waals surface area contributed by atoms with Crippen molar-refractivity contribution in [3.63, 3.8) is 0 Å². The van der Waals surface area contributed by atoms with Crippen molar-refractivity contribution in [2.24, 2.45) is 0 Å². The van der Waals surface area contributed by atoms with Crippen LogP contribution in [0.1, 0.15) is 55.9 Å². The number of hydrogen-bond acceptors (Lipinski definition) is 4. The summed E-state index contributed by atoms with van der Waals surface area (Å²) in [6.07, 6.45) is 5.05. The van der Waals surface area contributed by atoms with Crippen LogP contribution in [0.5, 0.6) is 0 Å². The first-order chi connectivity index (χ1) is 15.2. The van der Waals surface area contributed by atoms with E-state index in [0.29, 0.717) is 0 Å². The fourth-order valence-corrected chi connectivity index (χ4v) is 4.34. The Morgan fingerprint density at radius 2 is 1.61 bits per heavy atom. The van der Waals surface area contributed by atoms with E-state index in [2.05, 4.69) is 78.2 Å². The summed E-state index contributed by atoms with van der Waals surface area (Å²) in [5.41, 5.74) is 3.73. The zero-order chi connectivity index (χ0) is 21.9. The van der Waals surface area contributed by atoms with Crippen molar-refractivity contribution < 1.29 is 9.84 Å². The van der Waals surface area contributed by atoms with Gasteiger partial charge in [0.15, 0.2) is 0 Å². The van der Waals surface area contributed by atoms with Gasteiger partial charge in [-0.3, -0.25) is 4.90 Å². The summed E-state index contributed by atoms with van der Waals surface area (Å²) < 4.78 is 6.08. The third-order valence-corrected chi connectivity index (χ3v) is 6.33. The molecule has 0 aliphatic carbocycles. The molecule has 4 heteroatoms. The first kappa shape index (κ1) is 23.9. The molecule has 1 N–H and O–H groups in total. The Balaban J connectivity index is 1.42. The highest BCUT2D eigenvalue weighted by molar-refractivity contribution is 5.24. The van der Waals surface area contributed by atoms with Crippen LogP contribution in [-0.4, -0.2) is 60.5 Å². The molecule has 2 aromatic rings. The maximum atomic E-state index is 10.6. The standard InChI is InChI=1S/C27H40N2O2/c1-3-5-9-23-12-14-25(15-13-23)26(30)16-17-28-18-20-29(21-19-28)27(31-4-2)22-24-10-7-6-8-11-24/h6-8,10-15,26-27,30H,3-5,9,16-22H2,1-2H3. The second kappa shape index (κ2) is 13.0. The van der Waals surface area contributed by atoms with E-state index in [1.54, 1.807) is 0 Å². The van der Waals surface area contributed by atoms with Gasteiger partial charge in [-0.25, -0.2) is 0 Å². The van der Waals surface area contributed by atoms with Crippen molar-refractivity contribution in [3.05, 3.63) is 71.3 Å². The summed E-state index contributed by atoms with van der Waals surface area (Å²) in [4.78, 5) is 4.94. The summed E-state index contributed by atoms with van der Waals surface area (Å²) >= 11 is 0. The molecule has 1 saturated heterocycles. The van der Waals surface area contributed by atoms with Crippen molar-refractivity contribution >= 4 is 0 Å². The first-order valence-corrected chi connectivity index (χ1v) is 12.1. The van der Waals surface area contributed by atoms with Gasteiger partial charge >= 0.3 is 0 Å². The number of aryl methyl sites for hydroxylation is 1. The van der Waals surface area contributed by atoms with Crippen molar-refractivity contribution in [3.8, 4) is 0 Å². The molecule has 1 aliphatic rings. The molecule has 4 nitrogen and oxygen atoms in total. The summed E-state index contributed by atoms with van der Waals surface area (Å²) in [5.74, 6) is 0. The van der Waals surface area contributed by atoms with Gasteiger partial charge in [0.05, 0.1) is 6.10 Å². The molecular weight excluding hydrogens is 384 g/mol. The molecule has 2 unspecified atom stereocenters. The van der Waals surface area contributed by atoms with Crippen LogP contribution in [-0.2, 0) is 17.6 Å². The number of ether oxygens (including phenoxy) is 1. The largest absolute Gasteiger partial charge is 0.388 e. The molecule has 2 atom stereocenters. The zero-order valence-electron chi connectivity index (χ0n) is 19.4. The molecule has 0 saturated carbocycles. The van der Waals surface area contributed by atoms with Crippen LogP contribution in [0.15, 0.2) is 54.6 Å². The maximum absolute atomic E-state index is 10.6. The molecule has 3 rings (SSSR count). The van der Waals surface area contributed by atoms with E-state index in [0.717, 1.165) is 64.2 Å². The van der Waals surface area contributed by atoms with Gasteiger partial charge in [0, 0.05) is 45.8 Å². The van der Waals surface area contributed by atoms with Crippen LogP contribution in [0.3, 0.4) is 0 Å². The van der Waals surface area contributed by atoms with Crippen LogP contribution in [0.2, 0.25) is 0 Å². The Hall–Kier alpha value is -1.72. The minimum atomic E-state index is -0.382. The van der Waals surface area contributed by atoms with E-state index >= 15 is 0 Å². The quantitative estimate of drug-likeness (QED) is 0.537. The highest BCUT2D eigenvalue weighted by Gasteiger charge is 2.24. The average molecular weight is 425 g/mol. The first-order valence-electron chi connectivity index (χ1n) is 12.1. The molecule has 170 valence electrons. The maximum Gasteiger partial charge on any atom is 0.114 e. The van der Waals surface area contributed by atoms with Gasteiger partial charge in [0.2, 0.25) is 0 Å². The van der Waals surface area contributed by atoms with Gasteiger partial charge in [0.1, 0.15) is 6.23 Å². The Labute approximate surface area is 188 Å². The van der Waals surface area contributed by atoms with E-state index in [1.807, 2.05) is 0 Å². The number of hydrogen-bond donors (Lipinski definition) is 1. The molecule has 2 aromatic carbocycles. The fourth-order valence-electron chi connectivity index (χ4n) is 4.34. The Morgan fingerprint density at radius 3 is 2.26 bits per heavy atom. The molecule has 0 radical (unpaired) electrons. The second-order valence-corrected chi connectivity index (χ2v) is 8.63. The molecule has 31 heavy (non-hydrogen) atoms. The predicted molar refractivity (Wildman–Crippen MR) is 128 cm³/mol. The molecule has 0 spiro atoms. The highest BCUT2D eigenvalue weighted by atomic mass is 16.5. The van der Waals surface area contributed by atoms with Crippen molar-refractivity contribution in [1.29, 1.82) is 0 Å². The number of piperazine rings is 1. The van der Waals surface area contributed by atoms with Gasteiger partial charge in [-0.15, -0.1) is 0 Å². The van der Waals surface area contributed by atoms with E-state index in [1.165, 1.54) is 24.0 Å².